The molecular formula is C86H139N10O40P. The first-order valence-electron chi connectivity index (χ1n) is 45.2. The van der Waals surface area contributed by atoms with Crippen LogP contribution in [0, 0.1) is 17.2 Å². The SMILES string of the molecule is CC(=O)NC1C(OCCOCCOCCNC(=O)CCC(NCC(=O)C2CCC(OP(OCCC#N)N(C(C)C)C(C)C)CC2)C(=O)N(CC(=O)NCCOCCOCCOC2OC(COC(C)=O)C(OC(C)=O)C(OC(C)=O)C2NC(C)=O)CC(=O)NCCOCCOCCOC2(NC(C)=O)COC(COC(C)=O)C(OC(C)=O)C2OC(C)=O)OC(COC(C)=O)C(OC(C)=O)C1OC(C)=O. The Morgan fingerprint density at radius 2 is 0.839 bits per heavy atom. The van der Waals surface area contributed by atoms with Crippen LogP contribution in [-0.2, 0) is 190 Å². The van der Waals surface area contributed by atoms with Crippen LogP contribution in [0.2, 0.25) is 0 Å². The minimum absolute atomic E-state index is 0.00970. The van der Waals surface area contributed by atoms with Crippen molar-refractivity contribution in [1.82, 2.24) is 46.8 Å². The molecule has 3 aliphatic heterocycles. The summed E-state index contributed by atoms with van der Waals surface area (Å²) in [6.07, 6.45) is -13.6. The van der Waals surface area contributed by atoms with E-state index in [0.29, 0.717) is 25.7 Å². The monoisotopic (exact) mass is 1980 g/mol. The van der Waals surface area contributed by atoms with Gasteiger partial charge in [-0.25, -0.2) is 4.67 Å². The van der Waals surface area contributed by atoms with Crippen molar-refractivity contribution in [3.63, 3.8) is 0 Å². The van der Waals surface area contributed by atoms with Gasteiger partial charge in [-0.15, -0.1) is 0 Å². The lowest BCUT2D eigenvalue weighted by molar-refractivity contribution is -0.279. The van der Waals surface area contributed by atoms with Crippen molar-refractivity contribution in [2.75, 3.05) is 171 Å². The molecule has 16 unspecified atom stereocenters. The van der Waals surface area contributed by atoms with Crippen molar-refractivity contribution in [3.05, 3.63) is 0 Å². The van der Waals surface area contributed by atoms with Crippen LogP contribution in [0.1, 0.15) is 156 Å². The Kier molecular flexibility index (Phi) is 57.2. The zero-order valence-electron chi connectivity index (χ0n) is 80.8. The maximum Gasteiger partial charge on any atom is 0.303 e. The quantitative estimate of drug-likeness (QED) is 0.0119. The highest BCUT2D eigenvalue weighted by atomic mass is 31.2. The lowest BCUT2D eigenvalue weighted by atomic mass is 9.84. The first kappa shape index (κ1) is 120. The summed E-state index contributed by atoms with van der Waals surface area (Å²) in [4.78, 5) is 219. The topological polar surface area (TPSA) is 617 Å². The van der Waals surface area contributed by atoms with Crippen molar-refractivity contribution in [3.8, 4) is 6.07 Å². The van der Waals surface area contributed by atoms with E-state index in [1.165, 1.54) is 13.8 Å². The summed E-state index contributed by atoms with van der Waals surface area (Å²) in [7, 11) is -1.59. The fourth-order valence-electron chi connectivity index (χ4n) is 14.6. The number of nitriles is 1. The summed E-state index contributed by atoms with van der Waals surface area (Å²) < 4.78 is 133. The zero-order chi connectivity index (χ0) is 102. The second-order valence-corrected chi connectivity index (χ2v) is 33.7. The van der Waals surface area contributed by atoms with Gasteiger partial charge >= 0.3 is 53.7 Å². The minimum Gasteiger partial charge on any atom is -0.463 e. The third-order valence-corrected chi connectivity index (χ3v) is 22.3. The number of Topliss-reactive ketones (excluding diaryl/α,β-unsaturated/α-hetero) is 1. The summed E-state index contributed by atoms with van der Waals surface area (Å²) in [5.41, 5.74) is -1.94. The number of rotatable bonds is 65. The van der Waals surface area contributed by atoms with E-state index >= 15 is 4.79 Å². The molecular weight excluding hydrogens is 1840 g/mol. The Morgan fingerprint density at radius 1 is 0.445 bits per heavy atom. The van der Waals surface area contributed by atoms with Gasteiger partial charge < -0.3 is 145 Å². The number of carbonyl (C=O) groups is 17. The van der Waals surface area contributed by atoms with Gasteiger partial charge in [0.25, 0.3) is 8.53 Å². The molecule has 4 fully saturated rings. The molecule has 0 aromatic rings. The van der Waals surface area contributed by atoms with Crippen LogP contribution in [-0.4, -0.2) is 391 Å². The Hall–Kier alpha value is -9.53. The van der Waals surface area contributed by atoms with Crippen LogP contribution in [0.15, 0.2) is 0 Å². The summed E-state index contributed by atoms with van der Waals surface area (Å²) in [6.45, 7) is 16.5. The van der Waals surface area contributed by atoms with Gasteiger partial charge in [0.1, 0.15) is 69.1 Å². The molecule has 1 aliphatic carbocycles. The minimum atomic E-state index is -1.94. The highest BCUT2D eigenvalue weighted by Gasteiger charge is 2.58. The molecule has 0 bridgehead atoms. The van der Waals surface area contributed by atoms with E-state index in [1.807, 2.05) is 27.7 Å². The summed E-state index contributed by atoms with van der Waals surface area (Å²) >= 11 is 0. The number of ether oxygens (including phenoxy) is 21. The van der Waals surface area contributed by atoms with Crippen LogP contribution < -0.4 is 37.2 Å². The van der Waals surface area contributed by atoms with E-state index in [-0.39, 0.29) is 175 Å². The number of amides is 7. The van der Waals surface area contributed by atoms with Gasteiger partial charge in [-0.3, -0.25) is 86.8 Å². The highest BCUT2D eigenvalue weighted by molar-refractivity contribution is 7.44. The van der Waals surface area contributed by atoms with Crippen LogP contribution in [0.3, 0.4) is 0 Å². The first-order valence-corrected chi connectivity index (χ1v) is 46.3. The summed E-state index contributed by atoms with van der Waals surface area (Å²) in [5, 5.41) is 28.2. The predicted molar refractivity (Wildman–Crippen MR) is 468 cm³/mol. The lowest BCUT2D eigenvalue weighted by Crippen LogP contribution is -2.72. The second kappa shape index (κ2) is 65.4. The van der Waals surface area contributed by atoms with Crippen molar-refractivity contribution in [2.24, 2.45) is 5.92 Å². The van der Waals surface area contributed by atoms with E-state index in [4.69, 9.17) is 109 Å². The number of esters is 9. The van der Waals surface area contributed by atoms with Gasteiger partial charge in [0.2, 0.25) is 47.1 Å². The highest BCUT2D eigenvalue weighted by Crippen LogP contribution is 2.49. The molecule has 7 amide bonds. The van der Waals surface area contributed by atoms with Crippen molar-refractivity contribution in [2.45, 2.75) is 265 Å². The molecule has 0 aromatic heterocycles. The lowest BCUT2D eigenvalue weighted by Gasteiger charge is -2.48. The van der Waals surface area contributed by atoms with Crippen LogP contribution in [0.25, 0.3) is 0 Å². The zero-order valence-corrected chi connectivity index (χ0v) is 81.7. The summed E-state index contributed by atoms with van der Waals surface area (Å²) in [6, 6.07) is -1.65. The van der Waals surface area contributed by atoms with E-state index in [0.717, 1.165) is 74.1 Å². The Bertz CT molecular complexity index is 3870. The standard InChI is InChI=1S/C86H139N10O40P/c1-51(2)96(52(3)4)137(127-28-17-24-87)136-66-20-18-65(19-21-66)68(109)44-91-67(22-23-72(110)88-25-29-114-32-35-117-38-41-120-84-75(92-53(5)97)80(131-62(14)106)77(128-59(11)103)70(134-84)48-123-57(9)101)83(113)95(45-73(111)89-26-30-115-33-36-118-39-42-121-85-76(93-54(6)98)81(132-63(15)107)78(129-60(12)104)71(135-85)49-124-58(10)102)46-74(112)90-27-31-116-34-37-119-40-43-126-86(94-55(7)99)50-125-69(47-122-56(8)100)79(130-61(13)105)82(86)133-64(16)108/h51-52,65-67,69-71,75-82,84-85,91H,17-23,25-50H2,1-16H3,(H,88,110)(H,89,111)(H,90,112)(H,92,97)(H,93,98)(H,94,99). The number of ketones is 1. The molecule has 0 aromatic carbocycles. The smallest absolute Gasteiger partial charge is 0.303 e. The van der Waals surface area contributed by atoms with Crippen LogP contribution in [0.4, 0.5) is 0 Å². The van der Waals surface area contributed by atoms with E-state index < -0.39 is 240 Å². The molecule has 1 saturated carbocycles. The molecule has 51 heteroatoms. The molecule has 3 saturated heterocycles. The number of nitrogens with one attached hydrogen (secondary N) is 7. The molecule has 4 aliphatic rings. The molecule has 0 radical (unpaired) electrons. The molecule has 3 heterocycles. The molecule has 778 valence electrons. The van der Waals surface area contributed by atoms with E-state index in [2.05, 4.69) is 48.0 Å². The van der Waals surface area contributed by atoms with Gasteiger partial charge in [0.15, 0.2) is 49.2 Å². The normalized spacial score (nSPS) is 23.4. The Balaban J connectivity index is 1.50. The number of nitrogens with zero attached hydrogens (tertiary/aromatic N) is 3. The second-order valence-electron chi connectivity index (χ2n) is 32.3. The predicted octanol–water partition coefficient (Wildman–Crippen LogP) is -1.56. The largest absolute Gasteiger partial charge is 0.463 e. The van der Waals surface area contributed by atoms with Crippen LogP contribution >= 0.6 is 8.53 Å². The third-order valence-electron chi connectivity index (χ3n) is 20.1. The molecule has 0 spiro atoms. The average molecular weight is 1980 g/mol. The summed E-state index contributed by atoms with van der Waals surface area (Å²) in [5.74, 6) is -12.4. The van der Waals surface area contributed by atoms with Gasteiger partial charge in [-0.05, 0) is 59.8 Å². The fraction of sp³-hybridized carbons (Fsp3) is 0.791. The molecule has 137 heavy (non-hydrogen) atoms. The first-order chi connectivity index (χ1) is 65.0. The van der Waals surface area contributed by atoms with E-state index in [1.54, 1.807) is 0 Å². The molecule has 50 nitrogen and oxygen atoms in total. The Labute approximate surface area is 797 Å². The van der Waals surface area contributed by atoms with E-state index in [9.17, 15) is 82.0 Å². The number of hydrogen-bond donors (Lipinski definition) is 7. The van der Waals surface area contributed by atoms with Crippen molar-refractivity contribution < 1.29 is 190 Å². The fourth-order valence-corrected chi connectivity index (χ4v) is 16.4. The van der Waals surface area contributed by atoms with Gasteiger partial charge in [0, 0.05) is 127 Å². The Morgan fingerprint density at radius 3 is 1.24 bits per heavy atom. The van der Waals surface area contributed by atoms with Gasteiger partial charge in [-0.2, -0.15) is 5.26 Å². The maximum atomic E-state index is 15.2. The number of carbonyl (C=O) groups excluding carboxylic acids is 17. The van der Waals surface area contributed by atoms with Crippen molar-refractivity contribution in [1.29, 1.82) is 5.26 Å². The third kappa shape index (κ3) is 47.3. The maximum absolute atomic E-state index is 15.2. The number of hydrogen-bond acceptors (Lipinski definition) is 43. The van der Waals surface area contributed by atoms with Gasteiger partial charge in [0.05, 0.1) is 143 Å². The average Bonchev–Trinajstić information content (AvgIpc) is 0.761. The molecule has 16 atom stereocenters. The van der Waals surface area contributed by atoms with Crippen LogP contribution in [0.5, 0.6) is 0 Å². The molecule has 7 N–H and O–H groups in total. The molecule has 4 rings (SSSR count). The van der Waals surface area contributed by atoms with Gasteiger partial charge in [-0.1, -0.05) is 0 Å². The van der Waals surface area contributed by atoms with Crippen molar-refractivity contribution >= 4 is 109 Å².